The molecule has 1 heterocycles. The molecular weight excluding hydrogens is 378 g/mol. The molecule has 28 heavy (non-hydrogen) atoms. The molecule has 2 fully saturated rings. The minimum absolute atomic E-state index is 0.122. The monoisotopic (exact) mass is 409 g/mol. The molecule has 0 unspecified atom stereocenters. The predicted molar refractivity (Wildman–Crippen MR) is 109 cm³/mol. The van der Waals surface area contributed by atoms with Crippen molar-refractivity contribution in [3.8, 4) is 5.75 Å². The Hall–Kier alpha value is -1.64. The number of carbonyl (C=O) groups excluding carboxylic acids is 1. The Labute approximate surface area is 168 Å². The largest absolute Gasteiger partial charge is 0.495 e. The van der Waals surface area contributed by atoms with Gasteiger partial charge in [-0.1, -0.05) is 19.3 Å². The predicted octanol–water partition coefficient (Wildman–Crippen LogP) is 2.40. The molecule has 8 heteroatoms. The molecule has 1 aliphatic carbocycles. The molecule has 3 rings (SSSR count). The zero-order chi connectivity index (χ0) is 20.3. The lowest BCUT2D eigenvalue weighted by atomic mass is 9.75. The van der Waals surface area contributed by atoms with Crippen LogP contribution in [0, 0.1) is 11.8 Å². The summed E-state index contributed by atoms with van der Waals surface area (Å²) in [5, 5.41) is 2.84. The minimum Gasteiger partial charge on any atom is -0.495 e. The highest BCUT2D eigenvalue weighted by Gasteiger charge is 2.31. The second-order valence-electron chi connectivity index (χ2n) is 8.03. The van der Waals surface area contributed by atoms with Crippen LogP contribution in [0.5, 0.6) is 5.75 Å². The standard InChI is InChI=1S/C20H31N3O4S/c1-22(2)28(25,26)17-8-9-19(27-3)18(12-17)21-20(24)14-23-11-10-15-6-4-5-7-16(15)13-23/h8-9,12,15-16H,4-7,10-11,13-14H2,1-3H3,(H,21,24)/t15-,16-/m1/s1. The number of hydrogen-bond acceptors (Lipinski definition) is 5. The fraction of sp³-hybridized carbons (Fsp3) is 0.650. The number of ether oxygens (including phenoxy) is 1. The summed E-state index contributed by atoms with van der Waals surface area (Å²) in [6, 6.07) is 4.51. The topological polar surface area (TPSA) is 79.0 Å². The van der Waals surface area contributed by atoms with Gasteiger partial charge < -0.3 is 10.1 Å². The first-order valence-corrected chi connectivity index (χ1v) is 11.4. The highest BCUT2D eigenvalue weighted by molar-refractivity contribution is 7.89. The van der Waals surface area contributed by atoms with Gasteiger partial charge >= 0.3 is 0 Å². The van der Waals surface area contributed by atoms with E-state index in [1.54, 1.807) is 6.07 Å². The van der Waals surface area contributed by atoms with Gasteiger partial charge in [-0.25, -0.2) is 12.7 Å². The average molecular weight is 410 g/mol. The second-order valence-corrected chi connectivity index (χ2v) is 10.2. The SMILES string of the molecule is COc1ccc(S(=O)(=O)N(C)C)cc1NC(=O)CN1CC[C@H]2CCCC[C@@H]2C1. The summed E-state index contributed by atoms with van der Waals surface area (Å²) in [6.07, 6.45) is 6.40. The van der Waals surface area contributed by atoms with Crippen LogP contribution >= 0.6 is 0 Å². The fourth-order valence-corrected chi connectivity index (χ4v) is 5.30. The molecular formula is C20H31N3O4S. The molecule has 7 nitrogen and oxygen atoms in total. The van der Waals surface area contributed by atoms with Crippen molar-refractivity contribution in [3.63, 3.8) is 0 Å². The van der Waals surface area contributed by atoms with E-state index in [0.717, 1.165) is 29.7 Å². The van der Waals surface area contributed by atoms with E-state index in [1.807, 2.05) is 0 Å². The van der Waals surface area contributed by atoms with E-state index in [0.29, 0.717) is 23.9 Å². The lowest BCUT2D eigenvalue weighted by molar-refractivity contribution is -0.118. The van der Waals surface area contributed by atoms with Crippen LogP contribution in [0.15, 0.2) is 23.1 Å². The van der Waals surface area contributed by atoms with Crippen LogP contribution in [0.1, 0.15) is 32.1 Å². The van der Waals surface area contributed by atoms with Gasteiger partial charge in [-0.15, -0.1) is 0 Å². The Balaban J connectivity index is 1.67. The van der Waals surface area contributed by atoms with E-state index >= 15 is 0 Å². The maximum absolute atomic E-state index is 12.6. The molecule has 1 N–H and O–H groups in total. The van der Waals surface area contributed by atoms with Crippen LogP contribution in [-0.4, -0.2) is 64.4 Å². The number of fused-ring (bicyclic) bond motifs is 1. The lowest BCUT2D eigenvalue weighted by Crippen LogP contribution is -2.44. The number of carbonyl (C=O) groups is 1. The Morgan fingerprint density at radius 1 is 1.21 bits per heavy atom. The molecule has 0 bridgehead atoms. The number of benzene rings is 1. The number of methoxy groups -OCH3 is 1. The summed E-state index contributed by atoms with van der Waals surface area (Å²) in [7, 11) is 0.872. The summed E-state index contributed by atoms with van der Waals surface area (Å²) >= 11 is 0. The van der Waals surface area contributed by atoms with Crippen LogP contribution in [0.4, 0.5) is 5.69 Å². The maximum Gasteiger partial charge on any atom is 0.242 e. The van der Waals surface area contributed by atoms with Crippen molar-refractivity contribution in [1.82, 2.24) is 9.21 Å². The number of likely N-dealkylation sites (tertiary alicyclic amines) is 1. The minimum atomic E-state index is -3.58. The Morgan fingerprint density at radius 3 is 2.61 bits per heavy atom. The van der Waals surface area contributed by atoms with Gasteiger partial charge in [-0.3, -0.25) is 9.69 Å². The second kappa shape index (κ2) is 8.80. The summed E-state index contributed by atoms with van der Waals surface area (Å²) in [4.78, 5) is 15.0. The van der Waals surface area contributed by atoms with Gasteiger partial charge in [0.15, 0.2) is 0 Å². The summed E-state index contributed by atoms with van der Waals surface area (Å²) < 4.78 is 31.2. The summed E-state index contributed by atoms with van der Waals surface area (Å²) in [5.41, 5.74) is 0.378. The molecule has 1 saturated carbocycles. The number of nitrogens with one attached hydrogen (secondary N) is 1. The summed E-state index contributed by atoms with van der Waals surface area (Å²) in [6.45, 7) is 2.24. The highest BCUT2D eigenvalue weighted by Crippen LogP contribution is 2.36. The first kappa shape index (κ1) is 21.1. The van der Waals surface area contributed by atoms with Crippen LogP contribution in [0.3, 0.4) is 0 Å². The number of sulfonamides is 1. The molecule has 1 aliphatic heterocycles. The number of nitrogens with zero attached hydrogens (tertiary/aromatic N) is 2. The molecule has 156 valence electrons. The van der Waals surface area contributed by atoms with Crippen molar-refractivity contribution in [2.24, 2.45) is 11.8 Å². The molecule has 2 atom stereocenters. The quantitative estimate of drug-likeness (QED) is 0.781. The molecule has 0 spiro atoms. The molecule has 2 aliphatic rings. The Morgan fingerprint density at radius 2 is 1.93 bits per heavy atom. The first-order chi connectivity index (χ1) is 13.3. The zero-order valence-corrected chi connectivity index (χ0v) is 17.8. The highest BCUT2D eigenvalue weighted by atomic mass is 32.2. The average Bonchev–Trinajstić information content (AvgIpc) is 2.67. The van der Waals surface area contributed by atoms with E-state index in [2.05, 4.69) is 10.2 Å². The van der Waals surface area contributed by atoms with Crippen molar-refractivity contribution in [1.29, 1.82) is 0 Å². The molecule has 1 aromatic carbocycles. The normalized spacial score (nSPS) is 23.3. The van der Waals surface area contributed by atoms with E-state index < -0.39 is 10.0 Å². The van der Waals surface area contributed by atoms with Gasteiger partial charge in [0.05, 0.1) is 24.2 Å². The molecule has 1 amide bonds. The summed E-state index contributed by atoms with van der Waals surface area (Å²) in [5.74, 6) is 1.82. The third-order valence-corrected chi connectivity index (χ3v) is 7.78. The smallest absolute Gasteiger partial charge is 0.242 e. The molecule has 0 radical (unpaired) electrons. The van der Waals surface area contributed by atoms with Crippen LogP contribution < -0.4 is 10.1 Å². The fourth-order valence-electron chi connectivity index (χ4n) is 4.37. The van der Waals surface area contributed by atoms with Crippen molar-refractivity contribution in [2.75, 3.05) is 46.2 Å². The van der Waals surface area contributed by atoms with E-state index in [1.165, 1.54) is 59.0 Å². The van der Waals surface area contributed by atoms with Gasteiger partial charge in [0.25, 0.3) is 0 Å². The van der Waals surface area contributed by atoms with Crippen LogP contribution in [-0.2, 0) is 14.8 Å². The Bertz CT molecular complexity index is 810. The Kier molecular flexibility index (Phi) is 6.62. The van der Waals surface area contributed by atoms with E-state index in [4.69, 9.17) is 4.74 Å². The van der Waals surface area contributed by atoms with Crippen molar-refractivity contribution in [3.05, 3.63) is 18.2 Å². The van der Waals surface area contributed by atoms with Gasteiger partial charge in [0, 0.05) is 20.6 Å². The van der Waals surface area contributed by atoms with Crippen molar-refractivity contribution in [2.45, 2.75) is 37.0 Å². The molecule has 1 aromatic rings. The molecule has 1 saturated heterocycles. The third-order valence-electron chi connectivity index (χ3n) is 5.97. The zero-order valence-electron chi connectivity index (χ0n) is 17.0. The number of hydrogen-bond donors (Lipinski definition) is 1. The van der Waals surface area contributed by atoms with Crippen LogP contribution in [0.2, 0.25) is 0 Å². The van der Waals surface area contributed by atoms with E-state index in [9.17, 15) is 13.2 Å². The van der Waals surface area contributed by atoms with Gasteiger partial charge in [0.2, 0.25) is 15.9 Å². The molecule has 0 aromatic heterocycles. The van der Waals surface area contributed by atoms with Crippen LogP contribution in [0.25, 0.3) is 0 Å². The lowest BCUT2D eigenvalue weighted by Gasteiger charge is -2.41. The third kappa shape index (κ3) is 4.67. The van der Waals surface area contributed by atoms with E-state index in [-0.39, 0.29) is 10.8 Å². The number of anilines is 1. The van der Waals surface area contributed by atoms with Crippen molar-refractivity contribution < 1.29 is 17.9 Å². The van der Waals surface area contributed by atoms with Gasteiger partial charge in [-0.2, -0.15) is 0 Å². The maximum atomic E-state index is 12.6. The number of piperidine rings is 1. The number of amides is 1. The van der Waals surface area contributed by atoms with Crippen molar-refractivity contribution >= 4 is 21.6 Å². The van der Waals surface area contributed by atoms with Gasteiger partial charge in [0.1, 0.15) is 5.75 Å². The first-order valence-electron chi connectivity index (χ1n) is 9.94. The van der Waals surface area contributed by atoms with Gasteiger partial charge in [-0.05, 0) is 49.4 Å². The number of rotatable bonds is 6.